The summed E-state index contributed by atoms with van der Waals surface area (Å²) in [7, 11) is 0. The molecule has 0 aliphatic heterocycles. The van der Waals surface area contributed by atoms with Crippen LogP contribution in [0.1, 0.15) is 103 Å². The highest BCUT2D eigenvalue weighted by Crippen LogP contribution is 2.11. The third kappa shape index (κ3) is 28.1. The van der Waals surface area contributed by atoms with Gasteiger partial charge in [0.05, 0.1) is 0 Å². The number of hydrogen-bond acceptors (Lipinski definition) is 3. The monoisotopic (exact) mass is 318 g/mol. The van der Waals surface area contributed by atoms with E-state index in [0.717, 1.165) is 25.7 Å². The Kier molecular flexibility index (Phi) is 28.3. The molecular weight excluding hydrogens is 276 g/mol. The Balaban J connectivity index is 0. The van der Waals surface area contributed by atoms with E-state index in [0.29, 0.717) is 6.61 Å². The van der Waals surface area contributed by atoms with Crippen LogP contribution in [0.25, 0.3) is 0 Å². The standard InChI is InChI=1S/C14H30O.C5H12O2/c1-2-3-4-5-6-7-8-9-10-11-12-13-14-15;6-4-2-1-3-5-7/h15H,2-14H2,1H3;6-7H,1-5H2. The molecule has 0 unspecified atom stereocenters. The minimum atomic E-state index is 0.250. The van der Waals surface area contributed by atoms with Crippen molar-refractivity contribution in [2.24, 2.45) is 0 Å². The molecule has 0 heterocycles. The Labute approximate surface area is 139 Å². The first kappa shape index (κ1) is 24.1. The minimum Gasteiger partial charge on any atom is -0.396 e. The Morgan fingerprint density at radius 3 is 0.864 bits per heavy atom. The summed E-state index contributed by atoms with van der Waals surface area (Å²) in [6, 6.07) is 0. The van der Waals surface area contributed by atoms with Gasteiger partial charge in [-0.25, -0.2) is 0 Å². The van der Waals surface area contributed by atoms with Crippen molar-refractivity contribution in [1.82, 2.24) is 0 Å². The van der Waals surface area contributed by atoms with Crippen LogP contribution < -0.4 is 0 Å². The zero-order valence-electron chi connectivity index (χ0n) is 15.1. The van der Waals surface area contributed by atoms with Crippen molar-refractivity contribution >= 4 is 0 Å². The van der Waals surface area contributed by atoms with Crippen LogP contribution in [-0.4, -0.2) is 35.1 Å². The van der Waals surface area contributed by atoms with Gasteiger partial charge in [-0.3, -0.25) is 0 Å². The van der Waals surface area contributed by atoms with Crippen molar-refractivity contribution in [2.45, 2.75) is 103 Å². The molecule has 0 aliphatic rings. The molecule has 0 radical (unpaired) electrons. The predicted octanol–water partition coefficient (Wildman–Crippen LogP) is 4.82. The summed E-state index contributed by atoms with van der Waals surface area (Å²) in [5.74, 6) is 0. The molecule has 0 fully saturated rings. The molecule has 0 saturated heterocycles. The number of aliphatic hydroxyl groups excluding tert-OH is 3. The highest BCUT2D eigenvalue weighted by molar-refractivity contribution is 4.48. The van der Waals surface area contributed by atoms with Crippen molar-refractivity contribution in [2.75, 3.05) is 19.8 Å². The van der Waals surface area contributed by atoms with Crippen LogP contribution in [0.15, 0.2) is 0 Å². The molecule has 0 aromatic carbocycles. The average molecular weight is 319 g/mol. The lowest BCUT2D eigenvalue weighted by Crippen LogP contribution is -1.85. The first-order valence-electron chi connectivity index (χ1n) is 9.66. The SMILES string of the molecule is CCCCCCCCCCCCCCO.OCCCCCO. The number of rotatable bonds is 16. The third-order valence-corrected chi connectivity index (χ3v) is 3.83. The van der Waals surface area contributed by atoms with Crippen molar-refractivity contribution in [1.29, 1.82) is 0 Å². The zero-order valence-corrected chi connectivity index (χ0v) is 15.1. The summed E-state index contributed by atoms with van der Waals surface area (Å²) in [4.78, 5) is 0. The molecule has 3 N–H and O–H groups in total. The molecule has 0 saturated carbocycles. The second-order valence-electron chi connectivity index (χ2n) is 6.12. The fourth-order valence-electron chi connectivity index (χ4n) is 2.35. The van der Waals surface area contributed by atoms with E-state index >= 15 is 0 Å². The first-order chi connectivity index (χ1) is 10.8. The molecule has 136 valence electrons. The van der Waals surface area contributed by atoms with E-state index < -0.39 is 0 Å². The number of unbranched alkanes of at least 4 members (excludes halogenated alkanes) is 13. The molecule has 0 aromatic heterocycles. The van der Waals surface area contributed by atoms with E-state index in [1.807, 2.05) is 0 Å². The van der Waals surface area contributed by atoms with Crippen molar-refractivity contribution in [3.8, 4) is 0 Å². The second-order valence-corrected chi connectivity index (χ2v) is 6.12. The van der Waals surface area contributed by atoms with Crippen LogP contribution in [0.2, 0.25) is 0 Å². The van der Waals surface area contributed by atoms with Crippen LogP contribution in [-0.2, 0) is 0 Å². The van der Waals surface area contributed by atoms with Gasteiger partial charge in [0.25, 0.3) is 0 Å². The van der Waals surface area contributed by atoms with Gasteiger partial charge >= 0.3 is 0 Å². The maximum Gasteiger partial charge on any atom is 0.0431 e. The van der Waals surface area contributed by atoms with Crippen LogP contribution >= 0.6 is 0 Å². The summed E-state index contributed by atoms with van der Waals surface area (Å²) in [5, 5.41) is 25.0. The summed E-state index contributed by atoms with van der Waals surface area (Å²) < 4.78 is 0. The maximum absolute atomic E-state index is 8.61. The summed E-state index contributed by atoms with van der Waals surface area (Å²) in [5.41, 5.74) is 0. The van der Waals surface area contributed by atoms with Crippen molar-refractivity contribution < 1.29 is 15.3 Å². The van der Waals surface area contributed by atoms with Gasteiger partial charge in [0.2, 0.25) is 0 Å². The summed E-state index contributed by atoms with van der Waals surface area (Å²) >= 11 is 0. The molecule has 0 rings (SSSR count). The van der Waals surface area contributed by atoms with E-state index in [-0.39, 0.29) is 13.2 Å². The van der Waals surface area contributed by atoms with Gasteiger partial charge in [-0.1, -0.05) is 77.6 Å². The Hall–Kier alpha value is -0.120. The van der Waals surface area contributed by atoms with E-state index in [1.165, 1.54) is 70.6 Å². The lowest BCUT2D eigenvalue weighted by Gasteiger charge is -2.01. The molecule has 22 heavy (non-hydrogen) atoms. The van der Waals surface area contributed by atoms with E-state index in [4.69, 9.17) is 15.3 Å². The normalized spacial score (nSPS) is 10.4. The Bertz CT molecular complexity index is 147. The number of aliphatic hydroxyl groups is 3. The third-order valence-electron chi connectivity index (χ3n) is 3.83. The molecule has 0 aliphatic carbocycles. The van der Waals surface area contributed by atoms with Gasteiger partial charge in [0.1, 0.15) is 0 Å². The zero-order chi connectivity index (χ0) is 16.7. The van der Waals surface area contributed by atoms with Crippen LogP contribution in [0, 0.1) is 0 Å². The quantitative estimate of drug-likeness (QED) is 0.357. The summed E-state index contributed by atoms with van der Waals surface area (Å²) in [6.07, 6.45) is 18.8. The molecule has 0 bridgehead atoms. The van der Waals surface area contributed by atoms with Crippen LogP contribution in [0.3, 0.4) is 0 Å². The maximum atomic E-state index is 8.61. The molecule has 3 nitrogen and oxygen atoms in total. The van der Waals surface area contributed by atoms with Crippen molar-refractivity contribution in [3.05, 3.63) is 0 Å². The highest BCUT2D eigenvalue weighted by Gasteiger charge is 1.92. The van der Waals surface area contributed by atoms with Gasteiger partial charge < -0.3 is 15.3 Å². The topological polar surface area (TPSA) is 60.7 Å². The fourth-order valence-corrected chi connectivity index (χ4v) is 2.35. The molecular formula is C19H42O3. The molecule has 0 spiro atoms. The summed E-state index contributed by atoms with van der Waals surface area (Å²) in [6.45, 7) is 3.14. The second kappa shape index (κ2) is 25.8. The molecule has 0 aromatic rings. The van der Waals surface area contributed by atoms with Crippen LogP contribution in [0.4, 0.5) is 0 Å². The van der Waals surface area contributed by atoms with Crippen molar-refractivity contribution in [3.63, 3.8) is 0 Å². The molecule has 0 atom stereocenters. The van der Waals surface area contributed by atoms with Gasteiger partial charge in [-0.05, 0) is 25.7 Å². The lowest BCUT2D eigenvalue weighted by molar-refractivity contribution is 0.257. The van der Waals surface area contributed by atoms with Crippen LogP contribution in [0.5, 0.6) is 0 Å². The molecule has 0 amide bonds. The van der Waals surface area contributed by atoms with Gasteiger partial charge in [-0.15, -0.1) is 0 Å². The smallest absolute Gasteiger partial charge is 0.0431 e. The fraction of sp³-hybridized carbons (Fsp3) is 1.00. The van der Waals surface area contributed by atoms with Gasteiger partial charge in [-0.2, -0.15) is 0 Å². The first-order valence-corrected chi connectivity index (χ1v) is 9.66. The minimum absolute atomic E-state index is 0.250. The Morgan fingerprint density at radius 1 is 0.364 bits per heavy atom. The van der Waals surface area contributed by atoms with E-state index in [2.05, 4.69) is 6.92 Å². The predicted molar refractivity (Wildman–Crippen MR) is 96.2 cm³/mol. The van der Waals surface area contributed by atoms with Gasteiger partial charge in [0, 0.05) is 19.8 Å². The largest absolute Gasteiger partial charge is 0.396 e. The average Bonchev–Trinajstić information content (AvgIpc) is 2.54. The Morgan fingerprint density at radius 2 is 0.591 bits per heavy atom. The van der Waals surface area contributed by atoms with E-state index in [9.17, 15) is 0 Å². The highest BCUT2D eigenvalue weighted by atomic mass is 16.3. The number of hydrogen-bond donors (Lipinski definition) is 3. The van der Waals surface area contributed by atoms with Gasteiger partial charge in [0.15, 0.2) is 0 Å². The van der Waals surface area contributed by atoms with E-state index in [1.54, 1.807) is 0 Å². The molecule has 3 heteroatoms. The lowest BCUT2D eigenvalue weighted by atomic mass is 10.1.